The molecule has 0 spiro atoms. The van der Waals surface area contributed by atoms with Gasteiger partial charge in [-0.3, -0.25) is 4.79 Å². The highest BCUT2D eigenvalue weighted by Gasteiger charge is 2.29. The molecule has 1 fully saturated rings. The maximum absolute atomic E-state index is 12.3. The lowest BCUT2D eigenvalue weighted by molar-refractivity contribution is -0.137. The van der Waals surface area contributed by atoms with Crippen LogP contribution in [0.1, 0.15) is 20.8 Å². The normalized spacial score (nSPS) is 22.9. The van der Waals surface area contributed by atoms with Crippen LogP contribution in [-0.2, 0) is 4.79 Å². The molecular weight excluding hydrogens is 252 g/mol. The molecule has 0 aromatic heterocycles. The van der Waals surface area contributed by atoms with Gasteiger partial charge in [0.05, 0.1) is 0 Å². The van der Waals surface area contributed by atoms with Crippen molar-refractivity contribution >= 4 is 5.91 Å². The molecule has 110 valence electrons. The van der Waals surface area contributed by atoms with Crippen molar-refractivity contribution in [1.29, 1.82) is 0 Å². The van der Waals surface area contributed by atoms with Crippen molar-refractivity contribution < 1.29 is 9.53 Å². The van der Waals surface area contributed by atoms with Gasteiger partial charge in [-0.15, -0.1) is 0 Å². The van der Waals surface area contributed by atoms with E-state index in [1.807, 2.05) is 35.2 Å². The SMILES string of the molecule is CC(C)C1CN(C(=O)COc2ccccc2)C(C)CN1. The lowest BCUT2D eigenvalue weighted by atomic mass is 10.00. The Morgan fingerprint density at radius 3 is 2.75 bits per heavy atom. The van der Waals surface area contributed by atoms with Gasteiger partial charge in [0.2, 0.25) is 0 Å². The molecule has 2 atom stereocenters. The third-order valence-electron chi connectivity index (χ3n) is 3.83. The van der Waals surface area contributed by atoms with Crippen LogP contribution in [0.3, 0.4) is 0 Å². The van der Waals surface area contributed by atoms with Gasteiger partial charge in [-0.2, -0.15) is 0 Å². The molecule has 2 unspecified atom stereocenters. The Bertz CT molecular complexity index is 433. The third-order valence-corrected chi connectivity index (χ3v) is 3.83. The quantitative estimate of drug-likeness (QED) is 0.913. The Balaban J connectivity index is 1.90. The van der Waals surface area contributed by atoms with Crippen molar-refractivity contribution in [3.63, 3.8) is 0 Å². The van der Waals surface area contributed by atoms with Crippen molar-refractivity contribution in [2.45, 2.75) is 32.9 Å². The van der Waals surface area contributed by atoms with Gasteiger partial charge >= 0.3 is 0 Å². The molecule has 0 saturated carbocycles. The van der Waals surface area contributed by atoms with Crippen LogP contribution in [0.25, 0.3) is 0 Å². The average Bonchev–Trinajstić information content (AvgIpc) is 2.46. The fourth-order valence-electron chi connectivity index (χ4n) is 2.43. The van der Waals surface area contributed by atoms with E-state index in [1.54, 1.807) is 0 Å². The number of piperazine rings is 1. The van der Waals surface area contributed by atoms with Gasteiger partial charge in [0.25, 0.3) is 5.91 Å². The molecule has 1 aromatic carbocycles. The molecule has 1 aromatic rings. The van der Waals surface area contributed by atoms with E-state index in [2.05, 4.69) is 26.1 Å². The zero-order chi connectivity index (χ0) is 14.5. The van der Waals surface area contributed by atoms with Crippen LogP contribution in [0.15, 0.2) is 30.3 Å². The minimum atomic E-state index is 0.0634. The first-order valence-electron chi connectivity index (χ1n) is 7.28. The topological polar surface area (TPSA) is 41.6 Å². The fourth-order valence-corrected chi connectivity index (χ4v) is 2.43. The van der Waals surface area contributed by atoms with Crippen LogP contribution in [0.5, 0.6) is 5.75 Å². The molecule has 1 N–H and O–H groups in total. The summed E-state index contributed by atoms with van der Waals surface area (Å²) in [6.07, 6.45) is 0. The van der Waals surface area contributed by atoms with E-state index >= 15 is 0 Å². The standard InChI is InChI=1S/C16H24N2O2/c1-12(2)15-10-18(13(3)9-17-15)16(19)11-20-14-7-5-4-6-8-14/h4-8,12-13,15,17H,9-11H2,1-3H3. The Hall–Kier alpha value is -1.55. The van der Waals surface area contributed by atoms with Crippen molar-refractivity contribution in [2.24, 2.45) is 5.92 Å². The van der Waals surface area contributed by atoms with Crippen LogP contribution < -0.4 is 10.1 Å². The molecule has 1 amide bonds. The maximum atomic E-state index is 12.3. The van der Waals surface area contributed by atoms with Crippen LogP contribution in [0.2, 0.25) is 0 Å². The molecule has 1 heterocycles. The number of nitrogens with zero attached hydrogens (tertiary/aromatic N) is 1. The first-order valence-corrected chi connectivity index (χ1v) is 7.28. The molecule has 0 radical (unpaired) electrons. The number of nitrogens with one attached hydrogen (secondary N) is 1. The lowest BCUT2D eigenvalue weighted by Gasteiger charge is -2.40. The first-order chi connectivity index (χ1) is 9.58. The minimum absolute atomic E-state index is 0.0634. The second-order valence-corrected chi connectivity index (χ2v) is 5.76. The molecule has 4 nitrogen and oxygen atoms in total. The van der Waals surface area contributed by atoms with Gasteiger partial charge in [-0.1, -0.05) is 32.0 Å². The molecule has 0 aliphatic carbocycles. The van der Waals surface area contributed by atoms with E-state index in [9.17, 15) is 4.79 Å². The maximum Gasteiger partial charge on any atom is 0.260 e. The van der Waals surface area contributed by atoms with Crippen LogP contribution in [-0.4, -0.2) is 42.6 Å². The van der Waals surface area contributed by atoms with Crippen molar-refractivity contribution in [3.05, 3.63) is 30.3 Å². The Labute approximate surface area is 121 Å². The van der Waals surface area contributed by atoms with Gasteiger partial charge in [-0.05, 0) is 25.0 Å². The highest BCUT2D eigenvalue weighted by Crippen LogP contribution is 2.14. The monoisotopic (exact) mass is 276 g/mol. The Morgan fingerprint density at radius 1 is 1.40 bits per heavy atom. The zero-order valence-electron chi connectivity index (χ0n) is 12.5. The van der Waals surface area contributed by atoms with E-state index < -0.39 is 0 Å². The molecule has 2 rings (SSSR count). The number of benzene rings is 1. The number of ether oxygens (including phenoxy) is 1. The van der Waals surface area contributed by atoms with E-state index in [-0.39, 0.29) is 18.6 Å². The number of hydrogen-bond donors (Lipinski definition) is 1. The van der Waals surface area contributed by atoms with Crippen molar-refractivity contribution in [1.82, 2.24) is 10.2 Å². The fraction of sp³-hybridized carbons (Fsp3) is 0.562. The van der Waals surface area contributed by atoms with E-state index in [0.717, 1.165) is 18.8 Å². The third kappa shape index (κ3) is 3.73. The largest absolute Gasteiger partial charge is 0.484 e. The Morgan fingerprint density at radius 2 is 2.10 bits per heavy atom. The summed E-state index contributed by atoms with van der Waals surface area (Å²) >= 11 is 0. The first kappa shape index (κ1) is 14.9. The summed E-state index contributed by atoms with van der Waals surface area (Å²) < 4.78 is 5.55. The number of amides is 1. The average molecular weight is 276 g/mol. The molecule has 1 aliphatic rings. The Kier molecular flexibility index (Phi) is 5.01. The zero-order valence-corrected chi connectivity index (χ0v) is 12.5. The van der Waals surface area contributed by atoms with Crippen molar-refractivity contribution in [3.8, 4) is 5.75 Å². The molecule has 4 heteroatoms. The predicted octanol–water partition coefficient (Wildman–Crippen LogP) is 1.91. The summed E-state index contributed by atoms with van der Waals surface area (Å²) in [5, 5.41) is 3.49. The summed E-state index contributed by atoms with van der Waals surface area (Å²) in [5.41, 5.74) is 0. The van der Waals surface area contributed by atoms with Crippen LogP contribution >= 0.6 is 0 Å². The molecule has 1 saturated heterocycles. The second kappa shape index (κ2) is 6.75. The van der Waals surface area contributed by atoms with Crippen molar-refractivity contribution in [2.75, 3.05) is 19.7 Å². The number of rotatable bonds is 4. The number of para-hydroxylation sites is 1. The van der Waals surface area contributed by atoms with E-state index in [1.165, 1.54) is 0 Å². The predicted molar refractivity (Wildman–Crippen MR) is 79.7 cm³/mol. The number of hydrogen-bond acceptors (Lipinski definition) is 3. The summed E-state index contributed by atoms with van der Waals surface area (Å²) in [4.78, 5) is 14.3. The minimum Gasteiger partial charge on any atom is -0.484 e. The van der Waals surface area contributed by atoms with Gasteiger partial charge in [0, 0.05) is 25.2 Å². The summed E-state index contributed by atoms with van der Waals surface area (Å²) in [7, 11) is 0. The molecule has 20 heavy (non-hydrogen) atoms. The van der Waals surface area contributed by atoms with Gasteiger partial charge in [0.1, 0.15) is 5.75 Å². The van der Waals surface area contributed by atoms with Gasteiger partial charge in [0.15, 0.2) is 6.61 Å². The number of carbonyl (C=O) groups is 1. The summed E-state index contributed by atoms with van der Waals surface area (Å²) in [6, 6.07) is 10.1. The smallest absolute Gasteiger partial charge is 0.260 e. The van der Waals surface area contributed by atoms with E-state index in [0.29, 0.717) is 12.0 Å². The molecule has 1 aliphatic heterocycles. The molecular formula is C16H24N2O2. The van der Waals surface area contributed by atoms with Crippen LogP contribution in [0, 0.1) is 5.92 Å². The summed E-state index contributed by atoms with van der Waals surface area (Å²) in [6.45, 7) is 8.15. The highest BCUT2D eigenvalue weighted by atomic mass is 16.5. The second-order valence-electron chi connectivity index (χ2n) is 5.76. The summed E-state index contributed by atoms with van der Waals surface area (Å²) in [5.74, 6) is 1.32. The van der Waals surface area contributed by atoms with Gasteiger partial charge < -0.3 is 15.0 Å². The highest BCUT2D eigenvalue weighted by molar-refractivity contribution is 5.78. The number of carbonyl (C=O) groups excluding carboxylic acids is 1. The van der Waals surface area contributed by atoms with E-state index in [4.69, 9.17) is 4.74 Å². The lowest BCUT2D eigenvalue weighted by Crippen LogP contribution is -2.59. The molecule has 0 bridgehead atoms. The van der Waals surface area contributed by atoms with Gasteiger partial charge in [-0.25, -0.2) is 0 Å². The van der Waals surface area contributed by atoms with Crippen LogP contribution in [0.4, 0.5) is 0 Å².